The molecule has 0 unspecified atom stereocenters. The molecule has 1 aliphatic heterocycles. The molecule has 3 rings (SSSR count). The molecule has 0 aromatic heterocycles. The predicted octanol–water partition coefficient (Wildman–Crippen LogP) is 3.83. The number of benzene rings is 2. The Bertz CT molecular complexity index is 565. The summed E-state index contributed by atoms with van der Waals surface area (Å²) in [4.78, 5) is 4.48. The highest BCUT2D eigenvalue weighted by molar-refractivity contribution is 5.98. The molecule has 0 radical (unpaired) electrons. The lowest BCUT2D eigenvalue weighted by Crippen LogP contribution is -2.15. The Morgan fingerprint density at radius 2 is 1.80 bits per heavy atom. The topological polar surface area (TPSA) is 12.4 Å². The molecule has 0 aliphatic carbocycles. The van der Waals surface area contributed by atoms with Crippen LogP contribution in [0.25, 0.3) is 10.8 Å². The predicted molar refractivity (Wildman–Crippen MR) is 65.1 cm³/mol. The second kappa shape index (κ2) is 2.69. The zero-order chi connectivity index (χ0) is 10.5. The van der Waals surface area contributed by atoms with Gasteiger partial charge < -0.3 is 0 Å². The van der Waals surface area contributed by atoms with Crippen LogP contribution in [0.3, 0.4) is 0 Å². The van der Waals surface area contributed by atoms with Gasteiger partial charge in [0.05, 0.1) is 5.69 Å². The fourth-order valence-corrected chi connectivity index (χ4v) is 2.34. The van der Waals surface area contributed by atoms with E-state index < -0.39 is 0 Å². The fraction of sp³-hybridized carbons (Fsp3) is 0.214. The van der Waals surface area contributed by atoms with Crippen molar-refractivity contribution in [3.63, 3.8) is 0 Å². The molecule has 0 N–H and O–H groups in total. The summed E-state index contributed by atoms with van der Waals surface area (Å²) in [5, 5.41) is 2.63. The van der Waals surface area contributed by atoms with Gasteiger partial charge >= 0.3 is 0 Å². The zero-order valence-corrected chi connectivity index (χ0v) is 8.99. The van der Waals surface area contributed by atoms with Crippen molar-refractivity contribution >= 4 is 22.7 Å². The molecule has 0 fully saturated rings. The molecular formula is C14H13N. The van der Waals surface area contributed by atoms with Crippen LogP contribution in [0, 0.1) is 0 Å². The van der Waals surface area contributed by atoms with Gasteiger partial charge in [0.1, 0.15) is 0 Å². The molecule has 0 amide bonds. The summed E-state index contributed by atoms with van der Waals surface area (Å²) in [6.07, 6.45) is 2.05. The summed E-state index contributed by atoms with van der Waals surface area (Å²) < 4.78 is 0. The highest BCUT2D eigenvalue weighted by Gasteiger charge is 2.28. The van der Waals surface area contributed by atoms with E-state index in [4.69, 9.17) is 0 Å². The van der Waals surface area contributed by atoms with Crippen molar-refractivity contribution in [2.75, 3.05) is 0 Å². The largest absolute Gasteiger partial charge is 0.260 e. The first-order valence-corrected chi connectivity index (χ1v) is 5.26. The normalized spacial score (nSPS) is 16.9. The minimum absolute atomic E-state index is 0.0657. The standard InChI is InChI=1S/C14H13N/c1-14(2)9-15-12-8-7-10-5-3-4-6-11(10)13(12)14/h3-9H,1-2H3. The van der Waals surface area contributed by atoms with Crippen molar-refractivity contribution in [1.82, 2.24) is 0 Å². The molecule has 1 heterocycles. The Morgan fingerprint density at radius 1 is 1.00 bits per heavy atom. The van der Waals surface area contributed by atoms with Gasteiger partial charge in [-0.2, -0.15) is 0 Å². The third-order valence-corrected chi connectivity index (χ3v) is 3.08. The Morgan fingerprint density at radius 3 is 2.67 bits per heavy atom. The monoisotopic (exact) mass is 195 g/mol. The van der Waals surface area contributed by atoms with E-state index in [2.05, 4.69) is 55.2 Å². The van der Waals surface area contributed by atoms with Gasteiger partial charge in [0.25, 0.3) is 0 Å². The average Bonchev–Trinajstić information content (AvgIpc) is 2.55. The van der Waals surface area contributed by atoms with Gasteiger partial charge in [0, 0.05) is 11.6 Å². The molecule has 0 saturated heterocycles. The molecule has 0 spiro atoms. The van der Waals surface area contributed by atoms with Gasteiger partial charge in [0.15, 0.2) is 0 Å². The smallest absolute Gasteiger partial charge is 0.0673 e. The third-order valence-electron chi connectivity index (χ3n) is 3.08. The fourth-order valence-electron chi connectivity index (χ4n) is 2.34. The van der Waals surface area contributed by atoms with Crippen molar-refractivity contribution in [3.8, 4) is 0 Å². The summed E-state index contributed by atoms with van der Waals surface area (Å²) in [7, 11) is 0. The van der Waals surface area contributed by atoms with Gasteiger partial charge in [-0.3, -0.25) is 4.99 Å². The van der Waals surface area contributed by atoms with Crippen LogP contribution in [0.15, 0.2) is 41.4 Å². The second-order valence-corrected chi connectivity index (χ2v) is 4.66. The number of fused-ring (bicyclic) bond motifs is 3. The first-order valence-electron chi connectivity index (χ1n) is 5.26. The molecule has 2 aromatic carbocycles. The Kier molecular flexibility index (Phi) is 1.55. The van der Waals surface area contributed by atoms with Crippen LogP contribution in [-0.2, 0) is 5.41 Å². The zero-order valence-electron chi connectivity index (χ0n) is 8.99. The lowest BCUT2D eigenvalue weighted by Gasteiger charge is -2.18. The molecular weight excluding hydrogens is 182 g/mol. The van der Waals surface area contributed by atoms with Gasteiger partial charge in [-0.15, -0.1) is 0 Å². The molecule has 1 heteroatoms. The maximum Gasteiger partial charge on any atom is 0.0673 e. The maximum absolute atomic E-state index is 4.48. The first kappa shape index (κ1) is 8.66. The van der Waals surface area contributed by atoms with E-state index in [9.17, 15) is 0 Å². The number of hydrogen-bond acceptors (Lipinski definition) is 1. The van der Waals surface area contributed by atoms with Crippen molar-refractivity contribution in [2.24, 2.45) is 4.99 Å². The van der Waals surface area contributed by atoms with Crippen LogP contribution in [-0.4, -0.2) is 6.21 Å². The molecule has 15 heavy (non-hydrogen) atoms. The van der Waals surface area contributed by atoms with Gasteiger partial charge in [-0.05, 0) is 22.4 Å². The molecule has 1 nitrogen and oxygen atoms in total. The number of hydrogen-bond donors (Lipinski definition) is 0. The molecule has 0 bridgehead atoms. The van der Waals surface area contributed by atoms with Crippen LogP contribution in [0.2, 0.25) is 0 Å². The van der Waals surface area contributed by atoms with Gasteiger partial charge in [0.2, 0.25) is 0 Å². The Labute approximate surface area is 89.5 Å². The lowest BCUT2D eigenvalue weighted by molar-refractivity contribution is 0.760. The summed E-state index contributed by atoms with van der Waals surface area (Å²) in [6, 6.07) is 12.8. The van der Waals surface area contributed by atoms with Crippen LogP contribution in [0.1, 0.15) is 19.4 Å². The third kappa shape index (κ3) is 1.13. The number of aliphatic imine (C=N–C) groups is 1. The summed E-state index contributed by atoms with van der Waals surface area (Å²) >= 11 is 0. The summed E-state index contributed by atoms with van der Waals surface area (Å²) in [5.41, 5.74) is 2.55. The summed E-state index contributed by atoms with van der Waals surface area (Å²) in [6.45, 7) is 4.43. The summed E-state index contributed by atoms with van der Waals surface area (Å²) in [5.74, 6) is 0. The quantitative estimate of drug-likeness (QED) is 0.605. The minimum atomic E-state index is 0.0657. The van der Waals surface area contributed by atoms with E-state index >= 15 is 0 Å². The van der Waals surface area contributed by atoms with Crippen LogP contribution in [0.4, 0.5) is 5.69 Å². The molecule has 74 valence electrons. The minimum Gasteiger partial charge on any atom is -0.260 e. The molecule has 2 aromatic rings. The highest BCUT2D eigenvalue weighted by Crippen LogP contribution is 2.40. The maximum atomic E-state index is 4.48. The average molecular weight is 195 g/mol. The lowest BCUT2D eigenvalue weighted by atomic mass is 9.84. The van der Waals surface area contributed by atoms with E-state index in [1.807, 2.05) is 6.21 Å². The van der Waals surface area contributed by atoms with Crippen LogP contribution in [0.5, 0.6) is 0 Å². The second-order valence-electron chi connectivity index (χ2n) is 4.66. The highest BCUT2D eigenvalue weighted by atomic mass is 14.8. The number of rotatable bonds is 0. The Balaban J connectivity index is 2.46. The van der Waals surface area contributed by atoms with Gasteiger partial charge in [-0.25, -0.2) is 0 Å². The van der Waals surface area contributed by atoms with Crippen molar-refractivity contribution in [1.29, 1.82) is 0 Å². The van der Waals surface area contributed by atoms with E-state index in [0.29, 0.717) is 0 Å². The van der Waals surface area contributed by atoms with Gasteiger partial charge in [-0.1, -0.05) is 44.2 Å². The first-order chi connectivity index (χ1) is 7.18. The number of nitrogens with zero attached hydrogens (tertiary/aromatic N) is 1. The van der Waals surface area contributed by atoms with Crippen molar-refractivity contribution in [2.45, 2.75) is 19.3 Å². The van der Waals surface area contributed by atoms with Crippen molar-refractivity contribution in [3.05, 3.63) is 42.0 Å². The SMILES string of the molecule is CC1(C)C=Nc2ccc3ccccc3c21. The van der Waals surface area contributed by atoms with Crippen LogP contribution >= 0.6 is 0 Å². The van der Waals surface area contributed by atoms with Crippen molar-refractivity contribution < 1.29 is 0 Å². The van der Waals surface area contributed by atoms with Crippen LogP contribution < -0.4 is 0 Å². The molecule has 1 aliphatic rings. The molecule has 0 atom stereocenters. The van der Waals surface area contributed by atoms with E-state index in [0.717, 1.165) is 5.69 Å². The van der Waals surface area contributed by atoms with E-state index in [1.54, 1.807) is 0 Å². The van der Waals surface area contributed by atoms with E-state index in [1.165, 1.54) is 16.3 Å². The Hall–Kier alpha value is -1.63. The van der Waals surface area contributed by atoms with E-state index in [-0.39, 0.29) is 5.41 Å². The molecule has 0 saturated carbocycles.